The first-order valence-corrected chi connectivity index (χ1v) is 4.09. The van der Waals surface area contributed by atoms with E-state index in [1.807, 2.05) is 0 Å². The number of hydrogen-bond donors (Lipinski definition) is 0. The lowest BCUT2D eigenvalue weighted by Crippen LogP contribution is -1.99. The number of nitriles is 1. The van der Waals surface area contributed by atoms with E-state index in [0.717, 1.165) is 6.07 Å². The predicted octanol–water partition coefficient (Wildman–Crippen LogP) is 1.97. The van der Waals surface area contributed by atoms with E-state index >= 15 is 0 Å². The molecular formula is C10H5F2NO. The van der Waals surface area contributed by atoms with Crippen LogP contribution in [0, 0.1) is 23.0 Å². The van der Waals surface area contributed by atoms with Crippen molar-refractivity contribution in [2.45, 2.75) is 12.8 Å². The lowest BCUT2D eigenvalue weighted by molar-refractivity contribution is 0.0994. The van der Waals surface area contributed by atoms with Gasteiger partial charge in [0.1, 0.15) is 23.3 Å². The van der Waals surface area contributed by atoms with Crippen molar-refractivity contribution < 1.29 is 13.6 Å². The Balaban J connectivity index is 2.77. The van der Waals surface area contributed by atoms with Crippen LogP contribution in [0.3, 0.4) is 0 Å². The minimum absolute atomic E-state index is 0.0824. The number of halogens is 2. The van der Waals surface area contributed by atoms with Crippen molar-refractivity contribution >= 4 is 5.78 Å². The maximum Gasteiger partial charge on any atom is 0.163 e. The second-order valence-corrected chi connectivity index (χ2v) is 3.11. The van der Waals surface area contributed by atoms with Crippen molar-refractivity contribution in [1.29, 1.82) is 5.26 Å². The maximum atomic E-state index is 13.4. The highest BCUT2D eigenvalue weighted by atomic mass is 19.1. The Kier molecular flexibility index (Phi) is 1.81. The molecule has 70 valence electrons. The Hall–Kier alpha value is -1.76. The number of carbonyl (C=O) groups is 1. The Bertz CT molecular complexity index is 474. The number of Topliss-reactive ketones (excluding diaryl/α,β-unsaturated/α-hetero) is 1. The highest BCUT2D eigenvalue weighted by molar-refractivity contribution is 6.00. The van der Waals surface area contributed by atoms with Crippen LogP contribution in [-0.4, -0.2) is 5.78 Å². The zero-order valence-electron chi connectivity index (χ0n) is 7.10. The Morgan fingerprint density at radius 2 is 2.07 bits per heavy atom. The number of nitrogens with zero attached hydrogens (tertiary/aromatic N) is 1. The van der Waals surface area contributed by atoms with Gasteiger partial charge in [-0.15, -0.1) is 0 Å². The molecule has 1 aliphatic carbocycles. The SMILES string of the molecule is N#Cc1c(F)cc2c(c1F)CCC2=O. The lowest BCUT2D eigenvalue weighted by Gasteiger charge is -2.02. The van der Waals surface area contributed by atoms with Crippen molar-refractivity contribution in [1.82, 2.24) is 0 Å². The van der Waals surface area contributed by atoms with Gasteiger partial charge in [0.2, 0.25) is 0 Å². The van der Waals surface area contributed by atoms with E-state index in [1.54, 1.807) is 0 Å². The standard InChI is InChI=1S/C10H5F2NO/c11-8-3-6-5(1-2-9(6)14)10(12)7(8)4-13/h3H,1-2H2. The van der Waals surface area contributed by atoms with Gasteiger partial charge in [0.25, 0.3) is 0 Å². The minimum atomic E-state index is -0.959. The van der Waals surface area contributed by atoms with Gasteiger partial charge in [0.05, 0.1) is 0 Å². The Morgan fingerprint density at radius 1 is 1.36 bits per heavy atom. The van der Waals surface area contributed by atoms with Gasteiger partial charge in [-0.05, 0) is 12.5 Å². The van der Waals surface area contributed by atoms with Gasteiger partial charge in [-0.1, -0.05) is 0 Å². The third-order valence-corrected chi connectivity index (χ3v) is 2.33. The second kappa shape index (κ2) is 2.88. The average Bonchev–Trinajstić information content (AvgIpc) is 2.49. The molecule has 0 atom stereocenters. The van der Waals surface area contributed by atoms with Crippen LogP contribution >= 0.6 is 0 Å². The summed E-state index contributed by atoms with van der Waals surface area (Å²) in [4.78, 5) is 11.2. The van der Waals surface area contributed by atoms with Gasteiger partial charge in [-0.2, -0.15) is 5.26 Å². The first kappa shape index (κ1) is 8.82. The molecule has 2 rings (SSSR count). The fourth-order valence-corrected chi connectivity index (χ4v) is 1.63. The van der Waals surface area contributed by atoms with E-state index in [2.05, 4.69) is 0 Å². The second-order valence-electron chi connectivity index (χ2n) is 3.11. The molecule has 0 aliphatic heterocycles. The topological polar surface area (TPSA) is 40.9 Å². The molecule has 1 aromatic carbocycles. The zero-order chi connectivity index (χ0) is 10.3. The molecule has 0 heterocycles. The van der Waals surface area contributed by atoms with Gasteiger partial charge in [0, 0.05) is 17.5 Å². The molecule has 0 bridgehead atoms. The van der Waals surface area contributed by atoms with Gasteiger partial charge >= 0.3 is 0 Å². The highest BCUT2D eigenvalue weighted by Gasteiger charge is 2.26. The zero-order valence-corrected chi connectivity index (χ0v) is 7.10. The fraction of sp³-hybridized carbons (Fsp3) is 0.200. The Morgan fingerprint density at radius 3 is 2.71 bits per heavy atom. The largest absolute Gasteiger partial charge is 0.294 e. The summed E-state index contributed by atoms with van der Waals surface area (Å²) in [6, 6.07) is 2.40. The summed E-state index contributed by atoms with van der Waals surface area (Å²) in [7, 11) is 0. The summed E-state index contributed by atoms with van der Waals surface area (Å²) in [5.41, 5.74) is -0.342. The van der Waals surface area contributed by atoms with Crippen LogP contribution in [0.25, 0.3) is 0 Å². The lowest BCUT2D eigenvalue weighted by atomic mass is 10.1. The number of carbonyl (C=O) groups excluding carboxylic acids is 1. The van der Waals surface area contributed by atoms with Crippen LogP contribution in [0.5, 0.6) is 0 Å². The molecule has 0 saturated carbocycles. The van der Waals surface area contributed by atoms with Crippen LogP contribution in [0.1, 0.15) is 27.9 Å². The molecule has 14 heavy (non-hydrogen) atoms. The molecule has 0 spiro atoms. The molecule has 0 unspecified atom stereocenters. The van der Waals surface area contributed by atoms with Crippen LogP contribution < -0.4 is 0 Å². The van der Waals surface area contributed by atoms with Crippen molar-refractivity contribution in [2.75, 3.05) is 0 Å². The molecule has 1 aromatic rings. The van der Waals surface area contributed by atoms with Crippen LogP contribution in [-0.2, 0) is 6.42 Å². The van der Waals surface area contributed by atoms with E-state index in [4.69, 9.17) is 5.26 Å². The number of fused-ring (bicyclic) bond motifs is 1. The van der Waals surface area contributed by atoms with E-state index in [9.17, 15) is 13.6 Å². The molecule has 0 fully saturated rings. The summed E-state index contributed by atoms with van der Waals surface area (Å²) >= 11 is 0. The molecule has 4 heteroatoms. The van der Waals surface area contributed by atoms with E-state index in [1.165, 1.54) is 6.07 Å². The molecule has 0 radical (unpaired) electrons. The molecular weight excluding hydrogens is 188 g/mol. The quantitative estimate of drug-likeness (QED) is 0.632. The van der Waals surface area contributed by atoms with Crippen molar-refractivity contribution in [2.24, 2.45) is 0 Å². The molecule has 0 aromatic heterocycles. The summed E-state index contributed by atoms with van der Waals surface area (Å²) < 4.78 is 26.5. The average molecular weight is 193 g/mol. The number of benzene rings is 1. The summed E-state index contributed by atoms with van der Waals surface area (Å²) in [5.74, 6) is -2.10. The summed E-state index contributed by atoms with van der Waals surface area (Å²) in [6.45, 7) is 0. The third kappa shape index (κ3) is 1.02. The minimum Gasteiger partial charge on any atom is -0.294 e. The normalized spacial score (nSPS) is 13.9. The van der Waals surface area contributed by atoms with E-state index in [0.29, 0.717) is 0 Å². The van der Waals surface area contributed by atoms with Gasteiger partial charge in [-0.3, -0.25) is 4.79 Å². The van der Waals surface area contributed by atoms with Crippen LogP contribution in [0.2, 0.25) is 0 Å². The van der Waals surface area contributed by atoms with Crippen molar-refractivity contribution in [3.8, 4) is 6.07 Å². The van der Waals surface area contributed by atoms with Crippen molar-refractivity contribution in [3.63, 3.8) is 0 Å². The first-order chi connectivity index (χ1) is 6.65. The molecule has 0 amide bonds. The maximum absolute atomic E-state index is 13.4. The molecule has 1 aliphatic rings. The smallest absolute Gasteiger partial charge is 0.163 e. The molecule has 2 nitrogen and oxygen atoms in total. The van der Waals surface area contributed by atoms with Gasteiger partial charge in [-0.25, -0.2) is 8.78 Å². The number of hydrogen-bond acceptors (Lipinski definition) is 2. The first-order valence-electron chi connectivity index (χ1n) is 4.09. The number of rotatable bonds is 0. The predicted molar refractivity (Wildman–Crippen MR) is 43.7 cm³/mol. The van der Waals surface area contributed by atoms with E-state index < -0.39 is 17.2 Å². The highest BCUT2D eigenvalue weighted by Crippen LogP contribution is 2.28. The van der Waals surface area contributed by atoms with Crippen LogP contribution in [0.4, 0.5) is 8.78 Å². The molecule has 0 N–H and O–H groups in total. The summed E-state index contributed by atoms with van der Waals surface area (Å²) in [6.07, 6.45) is 0.454. The molecule has 0 saturated heterocycles. The monoisotopic (exact) mass is 193 g/mol. The van der Waals surface area contributed by atoms with Gasteiger partial charge in [0.15, 0.2) is 5.78 Å². The third-order valence-electron chi connectivity index (χ3n) is 2.33. The fourth-order valence-electron chi connectivity index (χ4n) is 1.63. The van der Waals surface area contributed by atoms with Crippen LogP contribution in [0.15, 0.2) is 6.07 Å². The Labute approximate surface area is 78.8 Å². The van der Waals surface area contributed by atoms with Crippen molar-refractivity contribution in [3.05, 3.63) is 34.4 Å². The van der Waals surface area contributed by atoms with Gasteiger partial charge < -0.3 is 0 Å². The summed E-state index contributed by atoms with van der Waals surface area (Å²) in [5, 5.41) is 8.48. The van der Waals surface area contributed by atoms with E-state index in [-0.39, 0.29) is 29.8 Å². The number of ketones is 1.